The molecule has 0 bridgehead atoms. The SMILES string of the molecule is CC(C)(C)n1c(=O)[nH]c2c(S(=O)(=O)O)cccc2c1=O. The number of nitrogens with one attached hydrogen (secondary N) is 1. The van der Waals surface area contributed by atoms with E-state index in [2.05, 4.69) is 4.98 Å². The number of aromatic amines is 1. The summed E-state index contributed by atoms with van der Waals surface area (Å²) < 4.78 is 32.7. The third-order valence-corrected chi connectivity index (χ3v) is 3.74. The zero-order valence-corrected chi connectivity index (χ0v) is 12.0. The number of hydrogen-bond acceptors (Lipinski definition) is 4. The Kier molecular flexibility index (Phi) is 3.10. The Morgan fingerprint density at radius 3 is 2.30 bits per heavy atom. The van der Waals surface area contributed by atoms with Gasteiger partial charge in [-0.15, -0.1) is 0 Å². The van der Waals surface area contributed by atoms with Crippen molar-refractivity contribution in [3.63, 3.8) is 0 Å². The lowest BCUT2D eigenvalue weighted by atomic mass is 10.1. The standard InChI is InChI=1S/C12H14N2O5S/c1-12(2,3)14-10(15)7-5-4-6-8(20(17,18)19)9(7)13-11(14)16/h4-6H,1-3H3,(H,13,16)(H,17,18,19). The first-order valence-electron chi connectivity index (χ1n) is 5.79. The van der Waals surface area contributed by atoms with Crippen molar-refractivity contribution in [2.24, 2.45) is 0 Å². The lowest BCUT2D eigenvalue weighted by Crippen LogP contribution is -2.44. The van der Waals surface area contributed by atoms with E-state index in [1.54, 1.807) is 20.8 Å². The Morgan fingerprint density at radius 2 is 1.80 bits per heavy atom. The zero-order valence-electron chi connectivity index (χ0n) is 11.2. The molecule has 1 heterocycles. The predicted molar refractivity (Wildman–Crippen MR) is 73.6 cm³/mol. The minimum Gasteiger partial charge on any atom is -0.305 e. The summed E-state index contributed by atoms with van der Waals surface area (Å²) in [6, 6.07) is 3.84. The van der Waals surface area contributed by atoms with E-state index in [1.807, 2.05) is 0 Å². The van der Waals surface area contributed by atoms with E-state index in [1.165, 1.54) is 12.1 Å². The van der Waals surface area contributed by atoms with Crippen molar-refractivity contribution in [3.05, 3.63) is 39.0 Å². The lowest BCUT2D eigenvalue weighted by molar-refractivity contribution is 0.369. The second-order valence-corrected chi connectivity index (χ2v) is 6.79. The van der Waals surface area contributed by atoms with Crippen molar-refractivity contribution in [2.75, 3.05) is 0 Å². The molecule has 0 aliphatic heterocycles. The number of aromatic nitrogens is 2. The van der Waals surface area contributed by atoms with Crippen LogP contribution in [0.1, 0.15) is 20.8 Å². The van der Waals surface area contributed by atoms with Gasteiger partial charge in [-0.2, -0.15) is 8.42 Å². The van der Waals surface area contributed by atoms with Gasteiger partial charge in [-0.05, 0) is 32.9 Å². The van der Waals surface area contributed by atoms with Crippen LogP contribution in [0.2, 0.25) is 0 Å². The topological polar surface area (TPSA) is 109 Å². The molecular formula is C12H14N2O5S. The number of hydrogen-bond donors (Lipinski definition) is 2. The maximum Gasteiger partial charge on any atom is 0.329 e. The Bertz CT molecular complexity index is 900. The van der Waals surface area contributed by atoms with Crippen molar-refractivity contribution in [1.29, 1.82) is 0 Å². The van der Waals surface area contributed by atoms with Gasteiger partial charge in [-0.1, -0.05) is 6.07 Å². The molecule has 0 amide bonds. The fourth-order valence-corrected chi connectivity index (χ4v) is 2.71. The van der Waals surface area contributed by atoms with Crippen LogP contribution < -0.4 is 11.2 Å². The molecule has 0 radical (unpaired) electrons. The highest BCUT2D eigenvalue weighted by atomic mass is 32.2. The van der Waals surface area contributed by atoms with Gasteiger partial charge in [0.1, 0.15) is 4.90 Å². The number of fused-ring (bicyclic) bond motifs is 1. The molecule has 8 heteroatoms. The Labute approximate surface area is 114 Å². The van der Waals surface area contributed by atoms with Gasteiger partial charge < -0.3 is 4.98 Å². The largest absolute Gasteiger partial charge is 0.329 e. The minimum absolute atomic E-state index is 0.0228. The van der Waals surface area contributed by atoms with E-state index in [9.17, 15) is 18.0 Å². The Morgan fingerprint density at radius 1 is 1.20 bits per heavy atom. The van der Waals surface area contributed by atoms with Crippen LogP contribution in [0, 0.1) is 0 Å². The number of rotatable bonds is 1. The van der Waals surface area contributed by atoms with E-state index in [0.29, 0.717) is 0 Å². The van der Waals surface area contributed by atoms with Gasteiger partial charge in [0.05, 0.1) is 10.9 Å². The van der Waals surface area contributed by atoms with E-state index in [4.69, 9.17) is 4.55 Å². The van der Waals surface area contributed by atoms with Crippen LogP contribution in [-0.2, 0) is 15.7 Å². The van der Waals surface area contributed by atoms with Gasteiger partial charge in [-0.3, -0.25) is 13.9 Å². The third kappa shape index (κ3) is 2.27. The first kappa shape index (κ1) is 14.5. The Balaban J connectivity index is 3.07. The normalized spacial score (nSPS) is 12.8. The highest BCUT2D eigenvalue weighted by molar-refractivity contribution is 7.86. The smallest absolute Gasteiger partial charge is 0.305 e. The number of H-pyrrole nitrogens is 1. The van der Waals surface area contributed by atoms with Crippen LogP contribution in [0.3, 0.4) is 0 Å². The molecule has 20 heavy (non-hydrogen) atoms. The van der Waals surface area contributed by atoms with E-state index in [0.717, 1.165) is 10.6 Å². The quantitative estimate of drug-likeness (QED) is 0.753. The van der Waals surface area contributed by atoms with Crippen LogP contribution in [0.4, 0.5) is 0 Å². The zero-order chi connectivity index (χ0) is 15.3. The molecule has 1 aromatic heterocycles. The van der Waals surface area contributed by atoms with Crippen molar-refractivity contribution in [3.8, 4) is 0 Å². The average molecular weight is 298 g/mol. The third-order valence-electron chi connectivity index (χ3n) is 2.84. The predicted octanol–water partition coefficient (Wildman–Crippen LogP) is 0.692. The number of para-hydroxylation sites is 1. The monoisotopic (exact) mass is 298 g/mol. The lowest BCUT2D eigenvalue weighted by Gasteiger charge is -2.21. The molecule has 0 spiro atoms. The maximum absolute atomic E-state index is 12.3. The molecule has 1 aromatic carbocycles. The van der Waals surface area contributed by atoms with Crippen LogP contribution >= 0.6 is 0 Å². The highest BCUT2D eigenvalue weighted by Crippen LogP contribution is 2.18. The van der Waals surface area contributed by atoms with Gasteiger partial charge in [0.2, 0.25) is 0 Å². The summed E-state index contributed by atoms with van der Waals surface area (Å²) in [5, 5.41) is 0.0228. The summed E-state index contributed by atoms with van der Waals surface area (Å²) in [7, 11) is -4.53. The number of nitrogens with zero attached hydrogens (tertiary/aromatic N) is 1. The molecule has 2 aromatic rings. The first-order valence-corrected chi connectivity index (χ1v) is 7.23. The van der Waals surface area contributed by atoms with Gasteiger partial charge in [0.15, 0.2) is 0 Å². The molecular weight excluding hydrogens is 284 g/mol. The summed E-state index contributed by atoms with van der Waals surface area (Å²) in [5.41, 5.74) is -2.29. The molecule has 0 atom stereocenters. The van der Waals surface area contributed by atoms with E-state index >= 15 is 0 Å². The van der Waals surface area contributed by atoms with Crippen molar-refractivity contribution in [1.82, 2.24) is 9.55 Å². The summed E-state index contributed by atoms with van der Waals surface area (Å²) in [6.07, 6.45) is 0. The minimum atomic E-state index is -4.53. The molecule has 7 nitrogen and oxygen atoms in total. The second kappa shape index (κ2) is 4.29. The molecule has 0 unspecified atom stereocenters. The van der Waals surface area contributed by atoms with Crippen molar-refractivity contribution < 1.29 is 13.0 Å². The summed E-state index contributed by atoms with van der Waals surface area (Å²) in [4.78, 5) is 26.2. The second-order valence-electron chi connectivity index (χ2n) is 5.40. The average Bonchev–Trinajstić information content (AvgIpc) is 2.24. The summed E-state index contributed by atoms with van der Waals surface area (Å²) in [6.45, 7) is 5.05. The highest BCUT2D eigenvalue weighted by Gasteiger charge is 2.22. The maximum atomic E-state index is 12.3. The van der Waals surface area contributed by atoms with E-state index < -0.39 is 31.8 Å². The van der Waals surface area contributed by atoms with E-state index in [-0.39, 0.29) is 10.9 Å². The van der Waals surface area contributed by atoms with Crippen LogP contribution in [0.5, 0.6) is 0 Å². The van der Waals surface area contributed by atoms with Gasteiger partial charge in [0, 0.05) is 5.54 Å². The molecule has 0 saturated heterocycles. The molecule has 108 valence electrons. The first-order chi connectivity index (χ1) is 9.03. The van der Waals surface area contributed by atoms with Crippen LogP contribution in [0.15, 0.2) is 32.7 Å². The number of benzene rings is 1. The van der Waals surface area contributed by atoms with Crippen molar-refractivity contribution >= 4 is 21.0 Å². The van der Waals surface area contributed by atoms with Gasteiger partial charge in [-0.25, -0.2) is 4.79 Å². The molecule has 0 aliphatic rings. The summed E-state index contributed by atoms with van der Waals surface area (Å²) in [5.74, 6) is 0. The Hall–Kier alpha value is -1.93. The fourth-order valence-electron chi connectivity index (χ4n) is 2.04. The fraction of sp³-hybridized carbons (Fsp3) is 0.333. The van der Waals surface area contributed by atoms with Gasteiger partial charge in [0.25, 0.3) is 15.7 Å². The van der Waals surface area contributed by atoms with Crippen molar-refractivity contribution in [2.45, 2.75) is 31.2 Å². The van der Waals surface area contributed by atoms with Crippen LogP contribution in [0.25, 0.3) is 10.9 Å². The summed E-state index contributed by atoms with van der Waals surface area (Å²) >= 11 is 0. The molecule has 0 fully saturated rings. The molecule has 2 N–H and O–H groups in total. The molecule has 2 rings (SSSR count). The van der Waals surface area contributed by atoms with Gasteiger partial charge >= 0.3 is 5.69 Å². The molecule has 0 aliphatic carbocycles. The van der Waals surface area contributed by atoms with Crippen LogP contribution in [-0.4, -0.2) is 22.5 Å². The molecule has 0 saturated carbocycles.